The highest BCUT2D eigenvalue weighted by Gasteiger charge is 2.45. The molecule has 2 heterocycles. The van der Waals surface area contributed by atoms with E-state index in [2.05, 4.69) is 18.7 Å². The molecule has 0 bridgehead atoms. The predicted octanol–water partition coefficient (Wildman–Crippen LogP) is 4.82. The standard InChI is InChI=1S/C27H31ClN2O4/c1-4-29(5-2)13-6-14-30-24(18-7-10-21(28)11-8-18)23(26(32)27(30)33)25(31)19-9-12-22-20(16-19)15-17(3)34-22/h7-12,16-17,24,31H,4-6,13-15H2,1-3H3/t17-,24-/m1/s1. The summed E-state index contributed by atoms with van der Waals surface area (Å²) in [5.74, 6) is -0.619. The van der Waals surface area contributed by atoms with Gasteiger partial charge in [-0.3, -0.25) is 9.59 Å². The van der Waals surface area contributed by atoms with Crippen LogP contribution < -0.4 is 4.74 Å². The molecule has 2 aromatic rings. The number of aliphatic hydroxyl groups is 1. The Morgan fingerprint density at radius 2 is 1.85 bits per heavy atom. The number of hydrogen-bond acceptors (Lipinski definition) is 5. The summed E-state index contributed by atoms with van der Waals surface area (Å²) in [6.07, 6.45) is 1.53. The van der Waals surface area contributed by atoms with Crippen molar-refractivity contribution in [2.24, 2.45) is 0 Å². The Morgan fingerprint density at radius 3 is 2.53 bits per heavy atom. The van der Waals surface area contributed by atoms with Gasteiger partial charge in [0.15, 0.2) is 0 Å². The first-order chi connectivity index (χ1) is 16.3. The molecule has 4 rings (SSSR count). The summed E-state index contributed by atoms with van der Waals surface area (Å²) >= 11 is 6.10. The molecule has 2 aliphatic rings. The van der Waals surface area contributed by atoms with Gasteiger partial charge < -0.3 is 19.6 Å². The Hall–Kier alpha value is -2.83. The fourth-order valence-electron chi connectivity index (χ4n) is 4.83. The van der Waals surface area contributed by atoms with Crippen molar-refractivity contribution >= 4 is 29.1 Å². The molecule has 0 aromatic heterocycles. The molecule has 0 saturated carbocycles. The normalized spacial score (nSPS) is 21.3. The van der Waals surface area contributed by atoms with Gasteiger partial charge in [0, 0.05) is 23.6 Å². The van der Waals surface area contributed by atoms with Crippen molar-refractivity contribution in [1.29, 1.82) is 0 Å². The molecule has 6 nitrogen and oxygen atoms in total. The zero-order chi connectivity index (χ0) is 24.4. The Kier molecular flexibility index (Phi) is 7.29. The number of halogens is 1. The summed E-state index contributed by atoms with van der Waals surface area (Å²) in [6, 6.07) is 11.8. The summed E-state index contributed by atoms with van der Waals surface area (Å²) < 4.78 is 5.76. The highest BCUT2D eigenvalue weighted by Crippen LogP contribution is 2.40. The number of hydrogen-bond donors (Lipinski definition) is 1. The number of carbonyl (C=O) groups is 2. The highest BCUT2D eigenvalue weighted by atomic mass is 35.5. The van der Waals surface area contributed by atoms with E-state index < -0.39 is 17.7 Å². The maximum absolute atomic E-state index is 13.2. The lowest BCUT2D eigenvalue weighted by molar-refractivity contribution is -0.140. The number of ether oxygens (including phenoxy) is 1. The monoisotopic (exact) mass is 482 g/mol. The molecular weight excluding hydrogens is 452 g/mol. The maximum atomic E-state index is 13.2. The lowest BCUT2D eigenvalue weighted by Gasteiger charge is -2.27. The van der Waals surface area contributed by atoms with Crippen LogP contribution in [0.1, 0.15) is 49.9 Å². The summed E-state index contributed by atoms with van der Waals surface area (Å²) in [5.41, 5.74) is 2.35. The molecule has 0 unspecified atom stereocenters. The van der Waals surface area contributed by atoms with Gasteiger partial charge in [0.1, 0.15) is 17.6 Å². The number of fused-ring (bicyclic) bond motifs is 1. The van der Waals surface area contributed by atoms with Gasteiger partial charge in [-0.25, -0.2) is 0 Å². The van der Waals surface area contributed by atoms with E-state index >= 15 is 0 Å². The van der Waals surface area contributed by atoms with Gasteiger partial charge in [0.05, 0.1) is 11.6 Å². The van der Waals surface area contributed by atoms with Crippen LogP contribution in [0.3, 0.4) is 0 Å². The molecule has 1 saturated heterocycles. The SMILES string of the molecule is CCN(CC)CCCN1C(=O)C(=O)C(=C(O)c2ccc3c(c2)C[C@@H](C)O3)[C@H]1c1ccc(Cl)cc1. The molecule has 0 aliphatic carbocycles. The summed E-state index contributed by atoms with van der Waals surface area (Å²) in [5, 5.41) is 11.9. The van der Waals surface area contributed by atoms with Crippen LogP contribution in [0.25, 0.3) is 5.76 Å². The van der Waals surface area contributed by atoms with E-state index in [1.807, 2.05) is 31.2 Å². The van der Waals surface area contributed by atoms with Crippen LogP contribution in [-0.4, -0.2) is 58.9 Å². The molecule has 0 radical (unpaired) electrons. The molecule has 2 atom stereocenters. The second-order valence-electron chi connectivity index (χ2n) is 8.88. The number of ketones is 1. The van der Waals surface area contributed by atoms with Gasteiger partial charge in [-0.15, -0.1) is 0 Å². The quantitative estimate of drug-likeness (QED) is 0.332. The van der Waals surface area contributed by atoms with Gasteiger partial charge >= 0.3 is 0 Å². The summed E-state index contributed by atoms with van der Waals surface area (Å²) in [6.45, 7) is 9.29. The average Bonchev–Trinajstić information content (AvgIpc) is 3.32. The zero-order valence-corrected chi connectivity index (χ0v) is 20.6. The first-order valence-corrected chi connectivity index (χ1v) is 12.3. The second kappa shape index (κ2) is 10.2. The molecule has 2 aliphatic heterocycles. The van der Waals surface area contributed by atoms with Gasteiger partial charge in [0.25, 0.3) is 11.7 Å². The third-order valence-electron chi connectivity index (χ3n) is 6.66. The number of benzene rings is 2. The average molecular weight is 483 g/mol. The van der Waals surface area contributed by atoms with Crippen LogP contribution in [0.5, 0.6) is 5.75 Å². The van der Waals surface area contributed by atoms with Gasteiger partial charge in [-0.2, -0.15) is 0 Å². The van der Waals surface area contributed by atoms with Crippen LogP contribution in [0.4, 0.5) is 0 Å². The Balaban J connectivity index is 1.72. The van der Waals surface area contributed by atoms with Crippen LogP contribution in [-0.2, 0) is 16.0 Å². The first-order valence-electron chi connectivity index (χ1n) is 11.9. The zero-order valence-electron chi connectivity index (χ0n) is 19.9. The highest BCUT2D eigenvalue weighted by molar-refractivity contribution is 6.46. The molecular formula is C27H31ClN2O4. The molecule has 1 fully saturated rings. The molecule has 0 spiro atoms. The van der Waals surface area contributed by atoms with E-state index in [-0.39, 0.29) is 17.4 Å². The summed E-state index contributed by atoms with van der Waals surface area (Å²) in [7, 11) is 0. The number of amides is 1. The van der Waals surface area contributed by atoms with Crippen molar-refractivity contribution in [2.75, 3.05) is 26.2 Å². The van der Waals surface area contributed by atoms with Crippen LogP contribution >= 0.6 is 11.6 Å². The molecule has 7 heteroatoms. The molecule has 1 N–H and O–H groups in total. The van der Waals surface area contributed by atoms with Gasteiger partial charge in [-0.1, -0.05) is 37.6 Å². The minimum atomic E-state index is -0.669. The molecule has 1 amide bonds. The third-order valence-corrected chi connectivity index (χ3v) is 6.91. The minimum Gasteiger partial charge on any atom is -0.507 e. The van der Waals surface area contributed by atoms with Crippen LogP contribution in [0.2, 0.25) is 5.02 Å². The number of aliphatic hydroxyl groups excluding tert-OH is 1. The summed E-state index contributed by atoms with van der Waals surface area (Å²) in [4.78, 5) is 30.2. The van der Waals surface area contributed by atoms with Crippen molar-refractivity contribution in [2.45, 2.75) is 45.8 Å². The number of nitrogens with zero attached hydrogens (tertiary/aromatic N) is 2. The van der Waals surface area contributed by atoms with Gasteiger partial charge in [-0.05, 0) is 74.4 Å². The minimum absolute atomic E-state index is 0.0675. The van der Waals surface area contributed by atoms with E-state index in [4.69, 9.17) is 16.3 Å². The maximum Gasteiger partial charge on any atom is 0.295 e. The van der Waals surface area contributed by atoms with E-state index in [1.54, 1.807) is 23.1 Å². The number of carbonyl (C=O) groups excluding carboxylic acids is 2. The second-order valence-corrected chi connectivity index (χ2v) is 9.32. The molecule has 2 aromatic carbocycles. The van der Waals surface area contributed by atoms with Crippen molar-refractivity contribution < 1.29 is 19.4 Å². The third kappa shape index (κ3) is 4.70. The number of likely N-dealkylation sites (tertiary alicyclic amines) is 1. The van der Waals surface area contributed by atoms with E-state index in [0.29, 0.717) is 17.1 Å². The van der Waals surface area contributed by atoms with Crippen LogP contribution in [0, 0.1) is 0 Å². The Morgan fingerprint density at radius 1 is 1.15 bits per heavy atom. The van der Waals surface area contributed by atoms with E-state index in [9.17, 15) is 14.7 Å². The fourth-order valence-corrected chi connectivity index (χ4v) is 4.96. The molecule has 34 heavy (non-hydrogen) atoms. The Bertz CT molecular complexity index is 1110. The fraction of sp³-hybridized carbons (Fsp3) is 0.407. The number of rotatable bonds is 8. The smallest absolute Gasteiger partial charge is 0.295 e. The topological polar surface area (TPSA) is 70.1 Å². The van der Waals surface area contributed by atoms with Crippen molar-refractivity contribution in [3.05, 3.63) is 69.8 Å². The van der Waals surface area contributed by atoms with Gasteiger partial charge in [0.2, 0.25) is 0 Å². The lowest BCUT2D eigenvalue weighted by atomic mass is 9.94. The van der Waals surface area contributed by atoms with Crippen molar-refractivity contribution in [3.63, 3.8) is 0 Å². The Labute approximate surface area is 205 Å². The van der Waals surface area contributed by atoms with Crippen LogP contribution in [0.15, 0.2) is 48.0 Å². The van der Waals surface area contributed by atoms with E-state index in [1.165, 1.54) is 0 Å². The van der Waals surface area contributed by atoms with E-state index in [0.717, 1.165) is 49.4 Å². The largest absolute Gasteiger partial charge is 0.507 e. The van der Waals surface area contributed by atoms with Crippen molar-refractivity contribution in [1.82, 2.24) is 9.80 Å². The lowest BCUT2D eigenvalue weighted by Crippen LogP contribution is -2.33. The predicted molar refractivity (Wildman–Crippen MR) is 133 cm³/mol. The molecule has 180 valence electrons. The van der Waals surface area contributed by atoms with Crippen molar-refractivity contribution in [3.8, 4) is 5.75 Å². The number of Topliss-reactive ketones (excluding diaryl/α,β-unsaturated/α-hetero) is 1. The first kappa shape index (κ1) is 24.3.